The van der Waals surface area contributed by atoms with Crippen molar-refractivity contribution in [1.29, 1.82) is 0 Å². The van der Waals surface area contributed by atoms with Gasteiger partial charge in [-0.05, 0) is 6.92 Å². The highest BCUT2D eigenvalue weighted by molar-refractivity contribution is 7.10. The summed E-state index contributed by atoms with van der Waals surface area (Å²) in [6.07, 6.45) is 1.95. The van der Waals surface area contributed by atoms with Crippen LogP contribution in [-0.4, -0.2) is 9.91 Å². The maximum absolute atomic E-state index is 10.5. The van der Waals surface area contributed by atoms with Crippen molar-refractivity contribution < 1.29 is 4.92 Å². The number of thiazole rings is 1. The maximum Gasteiger partial charge on any atom is 0.248 e. The smallest absolute Gasteiger partial charge is 0.248 e. The fourth-order valence-corrected chi connectivity index (χ4v) is 1.61. The van der Waals surface area contributed by atoms with Gasteiger partial charge in [-0.25, -0.2) is 4.98 Å². The Bertz CT molecular complexity index is 344. The second-order valence-electron chi connectivity index (χ2n) is 2.57. The molecule has 0 aliphatic rings. The molecule has 1 aromatic heterocycles. The monoisotopic (exact) mass is 198 g/mol. The first kappa shape index (κ1) is 9.85. The lowest BCUT2D eigenvalue weighted by Crippen LogP contribution is -1.96. The van der Waals surface area contributed by atoms with Crippen LogP contribution < -0.4 is 0 Å². The van der Waals surface area contributed by atoms with Crippen molar-refractivity contribution in [3.05, 3.63) is 31.9 Å². The number of hydrogen-bond donors (Lipinski definition) is 0. The summed E-state index contributed by atoms with van der Waals surface area (Å²) in [7, 11) is 0. The normalized spacial score (nSPS) is 11.7. The number of allylic oxidation sites excluding steroid dienone is 1. The first-order valence-electron chi connectivity index (χ1n) is 3.90. The minimum atomic E-state index is -0.364. The molecule has 0 fully saturated rings. The standard InChI is InChI=1S/C8H10N2O2S/c1-3-7(10(11)12)4-8-9-6(2)5-13-8/h4-5H,3H2,1-2H3/b7-4-. The molecule has 0 atom stereocenters. The molecule has 4 nitrogen and oxygen atoms in total. The number of rotatable bonds is 3. The van der Waals surface area contributed by atoms with Crippen LogP contribution in [0.1, 0.15) is 24.0 Å². The van der Waals surface area contributed by atoms with E-state index >= 15 is 0 Å². The van der Waals surface area contributed by atoms with Crippen LogP contribution in [0.4, 0.5) is 0 Å². The molecule has 0 unspecified atom stereocenters. The molecule has 0 radical (unpaired) electrons. The predicted octanol–water partition coefficient (Wildman–Crippen LogP) is 2.48. The van der Waals surface area contributed by atoms with Gasteiger partial charge in [0.1, 0.15) is 5.01 Å². The zero-order valence-electron chi connectivity index (χ0n) is 7.48. The van der Waals surface area contributed by atoms with Crippen LogP contribution in [0.2, 0.25) is 0 Å². The zero-order valence-corrected chi connectivity index (χ0v) is 8.30. The highest BCUT2D eigenvalue weighted by atomic mass is 32.1. The van der Waals surface area contributed by atoms with Crippen molar-refractivity contribution in [3.8, 4) is 0 Å². The second-order valence-corrected chi connectivity index (χ2v) is 3.46. The van der Waals surface area contributed by atoms with Crippen molar-refractivity contribution in [1.82, 2.24) is 4.98 Å². The third kappa shape index (κ3) is 2.62. The molecule has 0 bridgehead atoms. The van der Waals surface area contributed by atoms with Crippen LogP contribution in [0.5, 0.6) is 0 Å². The van der Waals surface area contributed by atoms with Crippen LogP contribution in [0.25, 0.3) is 6.08 Å². The summed E-state index contributed by atoms with van der Waals surface area (Å²) in [6, 6.07) is 0. The van der Waals surface area contributed by atoms with E-state index < -0.39 is 0 Å². The van der Waals surface area contributed by atoms with Gasteiger partial charge in [-0.3, -0.25) is 10.1 Å². The quantitative estimate of drug-likeness (QED) is 0.553. The van der Waals surface area contributed by atoms with Crippen molar-refractivity contribution >= 4 is 17.4 Å². The molecule has 0 N–H and O–H groups in total. The van der Waals surface area contributed by atoms with Crippen LogP contribution in [0.15, 0.2) is 11.1 Å². The number of nitrogens with zero attached hydrogens (tertiary/aromatic N) is 2. The molecule has 1 rings (SSSR count). The van der Waals surface area contributed by atoms with Gasteiger partial charge in [0.15, 0.2) is 0 Å². The molecule has 0 saturated carbocycles. The van der Waals surface area contributed by atoms with Gasteiger partial charge in [-0.2, -0.15) is 0 Å². The summed E-state index contributed by atoms with van der Waals surface area (Å²) in [6.45, 7) is 3.63. The van der Waals surface area contributed by atoms with E-state index in [2.05, 4.69) is 4.98 Å². The van der Waals surface area contributed by atoms with Crippen molar-refractivity contribution in [2.75, 3.05) is 0 Å². The number of nitro groups is 1. The van der Waals surface area contributed by atoms with Crippen LogP contribution in [0, 0.1) is 17.0 Å². The first-order valence-corrected chi connectivity index (χ1v) is 4.78. The maximum atomic E-state index is 10.5. The molecule has 0 amide bonds. The van der Waals surface area contributed by atoms with E-state index in [0.717, 1.165) is 5.69 Å². The largest absolute Gasteiger partial charge is 0.259 e. The van der Waals surface area contributed by atoms with E-state index in [4.69, 9.17) is 0 Å². The van der Waals surface area contributed by atoms with E-state index in [0.29, 0.717) is 11.4 Å². The van der Waals surface area contributed by atoms with Gasteiger partial charge in [-0.1, -0.05) is 6.92 Å². The molecule has 1 aromatic rings. The van der Waals surface area contributed by atoms with Crippen molar-refractivity contribution in [2.45, 2.75) is 20.3 Å². The second kappa shape index (κ2) is 4.13. The lowest BCUT2D eigenvalue weighted by molar-refractivity contribution is -0.425. The summed E-state index contributed by atoms with van der Waals surface area (Å²) < 4.78 is 0. The highest BCUT2D eigenvalue weighted by Crippen LogP contribution is 2.14. The van der Waals surface area contributed by atoms with Crippen molar-refractivity contribution in [3.63, 3.8) is 0 Å². The Morgan fingerprint density at radius 3 is 2.92 bits per heavy atom. The topological polar surface area (TPSA) is 56.0 Å². The van der Waals surface area contributed by atoms with Gasteiger partial charge in [-0.15, -0.1) is 11.3 Å². The Morgan fingerprint density at radius 2 is 2.54 bits per heavy atom. The molecule has 0 spiro atoms. The number of aromatic nitrogens is 1. The summed E-state index contributed by atoms with van der Waals surface area (Å²) in [5.74, 6) is 0. The first-order chi connectivity index (χ1) is 6.13. The Labute approximate surface area is 80.1 Å². The van der Waals surface area contributed by atoms with Gasteiger partial charge in [0, 0.05) is 23.6 Å². The number of aryl methyl sites for hydroxylation is 1. The zero-order chi connectivity index (χ0) is 9.84. The molecule has 0 aliphatic heterocycles. The molecule has 5 heteroatoms. The Morgan fingerprint density at radius 1 is 1.85 bits per heavy atom. The number of hydrogen-bond acceptors (Lipinski definition) is 4. The molecular weight excluding hydrogens is 188 g/mol. The average molecular weight is 198 g/mol. The Balaban J connectivity index is 2.91. The lowest BCUT2D eigenvalue weighted by atomic mass is 10.3. The Hall–Kier alpha value is -1.23. The van der Waals surface area contributed by atoms with Crippen molar-refractivity contribution in [2.24, 2.45) is 0 Å². The highest BCUT2D eigenvalue weighted by Gasteiger charge is 2.08. The summed E-state index contributed by atoms with van der Waals surface area (Å²) in [5, 5.41) is 13.0. The summed E-state index contributed by atoms with van der Waals surface area (Å²) >= 11 is 1.42. The van der Waals surface area contributed by atoms with Gasteiger partial charge in [0.05, 0.1) is 4.92 Å². The third-order valence-corrected chi connectivity index (χ3v) is 2.43. The predicted molar refractivity (Wildman–Crippen MR) is 52.1 cm³/mol. The molecule has 0 aliphatic carbocycles. The summed E-state index contributed by atoms with van der Waals surface area (Å²) in [5.41, 5.74) is 1.10. The van der Waals surface area contributed by atoms with Gasteiger partial charge >= 0.3 is 0 Å². The molecule has 13 heavy (non-hydrogen) atoms. The fraction of sp³-hybridized carbons (Fsp3) is 0.375. The average Bonchev–Trinajstić information content (AvgIpc) is 2.46. The molecule has 70 valence electrons. The molecular formula is C8H10N2O2S. The molecule has 1 heterocycles. The summed E-state index contributed by atoms with van der Waals surface area (Å²) in [4.78, 5) is 14.2. The Kier molecular flexibility index (Phi) is 3.13. The minimum absolute atomic E-state index is 0.203. The van der Waals surface area contributed by atoms with Gasteiger partial charge < -0.3 is 0 Å². The van der Waals surface area contributed by atoms with E-state index in [9.17, 15) is 10.1 Å². The molecule has 0 aromatic carbocycles. The van der Waals surface area contributed by atoms with Crippen LogP contribution >= 0.6 is 11.3 Å². The van der Waals surface area contributed by atoms with E-state index in [1.807, 2.05) is 12.3 Å². The van der Waals surface area contributed by atoms with Gasteiger partial charge in [0.25, 0.3) is 0 Å². The van der Waals surface area contributed by atoms with E-state index in [1.54, 1.807) is 6.92 Å². The molecule has 0 saturated heterocycles. The lowest BCUT2D eigenvalue weighted by Gasteiger charge is -1.90. The van der Waals surface area contributed by atoms with Crippen LogP contribution in [-0.2, 0) is 0 Å². The van der Waals surface area contributed by atoms with Crippen LogP contribution in [0.3, 0.4) is 0 Å². The van der Waals surface area contributed by atoms with Gasteiger partial charge in [0.2, 0.25) is 5.70 Å². The van der Waals surface area contributed by atoms with E-state index in [1.165, 1.54) is 17.4 Å². The third-order valence-electron chi connectivity index (χ3n) is 1.52. The SMILES string of the molecule is CC/C(=C/c1nc(C)cs1)[N+](=O)[O-]. The van der Waals surface area contributed by atoms with E-state index in [-0.39, 0.29) is 10.6 Å². The minimum Gasteiger partial charge on any atom is -0.259 e. The fourth-order valence-electron chi connectivity index (χ4n) is 0.865.